The van der Waals surface area contributed by atoms with E-state index >= 15 is 0 Å². The highest BCUT2D eigenvalue weighted by Crippen LogP contribution is 2.29. The molecule has 4 nitrogen and oxygen atoms in total. The van der Waals surface area contributed by atoms with Crippen LogP contribution in [-0.4, -0.2) is 17.2 Å². The largest absolute Gasteiger partial charge is 0.507 e. The number of pyridine rings is 1. The molecule has 0 amide bonds. The minimum absolute atomic E-state index is 0.104. The Hall–Kier alpha value is -2.89. The first-order valence-electron chi connectivity index (χ1n) is 6.39. The maximum atomic E-state index is 13.3. The number of aromatic nitrogens is 1. The van der Waals surface area contributed by atoms with Crippen molar-refractivity contribution in [2.24, 2.45) is 0 Å². The molecule has 0 radical (unpaired) electrons. The summed E-state index contributed by atoms with van der Waals surface area (Å²) in [6.07, 6.45) is 0. The van der Waals surface area contributed by atoms with Gasteiger partial charge in [-0.3, -0.25) is 4.79 Å². The number of methoxy groups -OCH3 is 1. The Morgan fingerprint density at radius 2 is 1.86 bits per heavy atom. The van der Waals surface area contributed by atoms with E-state index in [0.29, 0.717) is 22.5 Å². The number of hydrogen-bond acceptors (Lipinski definition) is 3. The number of rotatable bonds is 2. The normalized spacial score (nSPS) is 10.9. The summed E-state index contributed by atoms with van der Waals surface area (Å²) in [7, 11) is 1.43. The molecule has 1 aromatic heterocycles. The van der Waals surface area contributed by atoms with E-state index in [-0.39, 0.29) is 11.1 Å². The average Bonchev–Trinajstić information content (AvgIpc) is 2.49. The van der Waals surface area contributed by atoms with E-state index in [2.05, 4.69) is 4.98 Å². The number of H-pyrrole nitrogens is 1. The molecular weight excluding hydrogens is 292 g/mol. The van der Waals surface area contributed by atoms with Crippen LogP contribution in [0.4, 0.5) is 8.78 Å². The fraction of sp³-hybridized carbons (Fsp3) is 0.0625. The van der Waals surface area contributed by atoms with Crippen molar-refractivity contribution in [3.8, 4) is 22.8 Å². The van der Waals surface area contributed by atoms with E-state index in [1.165, 1.54) is 25.3 Å². The van der Waals surface area contributed by atoms with E-state index in [1.807, 2.05) is 0 Å². The number of benzene rings is 2. The zero-order valence-corrected chi connectivity index (χ0v) is 11.5. The summed E-state index contributed by atoms with van der Waals surface area (Å²) >= 11 is 0. The van der Waals surface area contributed by atoms with Crippen LogP contribution >= 0.6 is 0 Å². The third-order valence-electron chi connectivity index (χ3n) is 3.35. The number of halogens is 2. The molecule has 0 spiro atoms. The van der Waals surface area contributed by atoms with Crippen LogP contribution in [0.1, 0.15) is 0 Å². The van der Waals surface area contributed by atoms with Gasteiger partial charge in [-0.15, -0.1) is 0 Å². The van der Waals surface area contributed by atoms with Crippen molar-refractivity contribution < 1.29 is 18.6 Å². The number of phenols is 1. The van der Waals surface area contributed by atoms with Crippen LogP contribution in [0, 0.1) is 11.6 Å². The number of fused-ring (bicyclic) bond motifs is 1. The van der Waals surface area contributed by atoms with Crippen molar-refractivity contribution >= 4 is 10.9 Å². The molecule has 112 valence electrons. The topological polar surface area (TPSA) is 62.3 Å². The standard InChI is InChI=1S/C16H11F2NO3/c1-22-9-5-13-16(14(20)6-9)15(21)7-12(19-13)8-2-3-10(17)11(18)4-8/h2-7,20H,1H3,(H,19,21). The third-order valence-corrected chi connectivity index (χ3v) is 3.35. The van der Waals surface area contributed by atoms with Gasteiger partial charge in [0.1, 0.15) is 11.5 Å². The quantitative estimate of drug-likeness (QED) is 0.764. The van der Waals surface area contributed by atoms with Crippen molar-refractivity contribution in [2.75, 3.05) is 7.11 Å². The number of aromatic amines is 1. The van der Waals surface area contributed by atoms with Crippen LogP contribution in [0.3, 0.4) is 0 Å². The van der Waals surface area contributed by atoms with Crippen molar-refractivity contribution in [1.82, 2.24) is 4.98 Å². The lowest BCUT2D eigenvalue weighted by molar-refractivity contribution is 0.409. The maximum Gasteiger partial charge on any atom is 0.193 e. The summed E-state index contributed by atoms with van der Waals surface area (Å²) in [5.74, 6) is -1.83. The van der Waals surface area contributed by atoms with E-state index in [0.717, 1.165) is 12.1 Å². The van der Waals surface area contributed by atoms with Gasteiger partial charge in [0, 0.05) is 29.5 Å². The zero-order valence-electron chi connectivity index (χ0n) is 11.5. The molecule has 3 rings (SSSR count). The Labute approximate surface area is 123 Å². The zero-order chi connectivity index (χ0) is 15.9. The first-order chi connectivity index (χ1) is 10.5. The lowest BCUT2D eigenvalue weighted by atomic mass is 10.1. The fourth-order valence-corrected chi connectivity index (χ4v) is 2.28. The molecule has 1 heterocycles. The minimum Gasteiger partial charge on any atom is -0.507 e. The summed E-state index contributed by atoms with van der Waals surface area (Å²) in [5.41, 5.74) is 0.530. The number of hydrogen-bond donors (Lipinski definition) is 2. The highest BCUT2D eigenvalue weighted by atomic mass is 19.2. The monoisotopic (exact) mass is 303 g/mol. The van der Waals surface area contributed by atoms with Gasteiger partial charge >= 0.3 is 0 Å². The molecule has 0 saturated heterocycles. The van der Waals surface area contributed by atoms with Crippen molar-refractivity contribution in [3.63, 3.8) is 0 Å². The molecule has 2 N–H and O–H groups in total. The van der Waals surface area contributed by atoms with E-state index < -0.39 is 17.1 Å². The van der Waals surface area contributed by atoms with Crippen LogP contribution < -0.4 is 10.2 Å². The summed E-state index contributed by atoms with van der Waals surface area (Å²) < 4.78 is 31.4. The second-order valence-electron chi connectivity index (χ2n) is 4.75. The Morgan fingerprint density at radius 1 is 1.09 bits per heavy atom. The molecule has 3 aromatic rings. The van der Waals surface area contributed by atoms with Crippen LogP contribution in [0.5, 0.6) is 11.5 Å². The first kappa shape index (κ1) is 14.1. The fourth-order valence-electron chi connectivity index (χ4n) is 2.28. The Balaban J connectivity index is 2.27. The van der Waals surface area contributed by atoms with E-state index in [4.69, 9.17) is 4.74 Å². The molecule has 0 atom stereocenters. The van der Waals surface area contributed by atoms with Gasteiger partial charge in [0.25, 0.3) is 0 Å². The van der Waals surface area contributed by atoms with Crippen LogP contribution in [0.15, 0.2) is 41.2 Å². The molecule has 6 heteroatoms. The van der Waals surface area contributed by atoms with E-state index in [9.17, 15) is 18.7 Å². The number of phenolic OH excluding ortho intramolecular Hbond substituents is 1. The third kappa shape index (κ3) is 2.28. The van der Waals surface area contributed by atoms with Crippen molar-refractivity contribution in [2.45, 2.75) is 0 Å². The highest BCUT2D eigenvalue weighted by Gasteiger charge is 2.11. The van der Waals surface area contributed by atoms with Gasteiger partial charge in [-0.05, 0) is 18.2 Å². The lowest BCUT2D eigenvalue weighted by Crippen LogP contribution is -2.04. The van der Waals surface area contributed by atoms with Gasteiger partial charge in [0.05, 0.1) is 18.0 Å². The maximum absolute atomic E-state index is 13.3. The molecule has 0 bridgehead atoms. The molecular formula is C16H11F2NO3. The van der Waals surface area contributed by atoms with E-state index in [1.54, 1.807) is 6.07 Å². The van der Waals surface area contributed by atoms with Crippen molar-refractivity contribution in [3.05, 3.63) is 58.3 Å². The molecule has 0 saturated carbocycles. The Bertz CT molecular complexity index is 935. The molecule has 0 aliphatic carbocycles. The summed E-state index contributed by atoms with van der Waals surface area (Å²) in [6, 6.07) is 7.42. The lowest BCUT2D eigenvalue weighted by Gasteiger charge is -2.08. The Morgan fingerprint density at radius 3 is 2.55 bits per heavy atom. The molecule has 22 heavy (non-hydrogen) atoms. The van der Waals surface area contributed by atoms with Gasteiger partial charge in [0.2, 0.25) is 0 Å². The highest BCUT2D eigenvalue weighted by molar-refractivity contribution is 5.88. The summed E-state index contributed by atoms with van der Waals surface area (Å²) in [4.78, 5) is 15.1. The predicted octanol–water partition coefficient (Wildman–Crippen LogP) is 3.19. The SMILES string of the molecule is COc1cc(O)c2c(=O)cc(-c3ccc(F)c(F)c3)[nH]c2c1. The Kier molecular flexibility index (Phi) is 3.29. The summed E-state index contributed by atoms with van der Waals surface area (Å²) in [5, 5.41) is 10.0. The summed E-state index contributed by atoms with van der Waals surface area (Å²) in [6.45, 7) is 0. The molecule has 0 aliphatic heterocycles. The molecule has 0 aliphatic rings. The van der Waals surface area contributed by atoms with Gasteiger partial charge in [-0.2, -0.15) is 0 Å². The number of aromatic hydroxyl groups is 1. The number of ether oxygens (including phenoxy) is 1. The molecule has 0 fully saturated rings. The molecule has 0 unspecified atom stereocenters. The van der Waals surface area contributed by atoms with Gasteiger partial charge < -0.3 is 14.8 Å². The van der Waals surface area contributed by atoms with Gasteiger partial charge in [0.15, 0.2) is 17.1 Å². The smallest absolute Gasteiger partial charge is 0.193 e. The van der Waals surface area contributed by atoms with Crippen molar-refractivity contribution in [1.29, 1.82) is 0 Å². The van der Waals surface area contributed by atoms with Gasteiger partial charge in [-0.1, -0.05) is 0 Å². The second-order valence-corrected chi connectivity index (χ2v) is 4.75. The van der Waals surface area contributed by atoms with Crippen LogP contribution in [0.2, 0.25) is 0 Å². The first-order valence-corrected chi connectivity index (χ1v) is 6.39. The minimum atomic E-state index is -1.01. The van der Waals surface area contributed by atoms with Gasteiger partial charge in [-0.25, -0.2) is 8.78 Å². The van der Waals surface area contributed by atoms with Crippen LogP contribution in [-0.2, 0) is 0 Å². The molecule has 2 aromatic carbocycles. The van der Waals surface area contributed by atoms with Crippen LogP contribution in [0.25, 0.3) is 22.2 Å². The number of nitrogens with one attached hydrogen (secondary N) is 1. The predicted molar refractivity (Wildman–Crippen MR) is 78.1 cm³/mol. The average molecular weight is 303 g/mol. The second kappa shape index (κ2) is 5.14.